The van der Waals surface area contributed by atoms with Crippen LogP contribution in [-0.2, 0) is 12.8 Å². The first-order valence-corrected chi connectivity index (χ1v) is 11.9. The standard InChI is InChI=1S/C21H24N2Si/c1-24(2,15-8-4-3-5-9-15)16-12-13-18-20(14-16)23-19-11-7-6-10-17(19)21(18)22/h3-11,16H,12-14H2,1-2H3,(H2,22,23). The molecule has 0 saturated carbocycles. The van der Waals surface area contributed by atoms with Gasteiger partial charge < -0.3 is 5.73 Å². The van der Waals surface area contributed by atoms with Gasteiger partial charge in [0.15, 0.2) is 0 Å². The molecule has 0 radical (unpaired) electrons. The van der Waals surface area contributed by atoms with Crippen molar-refractivity contribution in [2.45, 2.75) is 37.9 Å². The minimum absolute atomic E-state index is 0.723. The van der Waals surface area contributed by atoms with Crippen molar-refractivity contribution >= 4 is 29.9 Å². The molecule has 4 rings (SSSR count). The number of nitrogen functional groups attached to an aromatic ring is 1. The summed E-state index contributed by atoms with van der Waals surface area (Å²) in [4.78, 5) is 4.98. The fourth-order valence-electron chi connectivity index (χ4n) is 4.15. The monoisotopic (exact) mass is 332 g/mol. The summed E-state index contributed by atoms with van der Waals surface area (Å²) in [6.45, 7) is 5.00. The van der Waals surface area contributed by atoms with Crippen LogP contribution in [0.3, 0.4) is 0 Å². The van der Waals surface area contributed by atoms with E-state index in [-0.39, 0.29) is 0 Å². The Hall–Kier alpha value is -2.13. The molecule has 1 aromatic heterocycles. The average Bonchev–Trinajstić information content (AvgIpc) is 2.62. The maximum atomic E-state index is 6.48. The number of anilines is 1. The second-order valence-corrected chi connectivity index (χ2v) is 12.3. The summed E-state index contributed by atoms with van der Waals surface area (Å²) >= 11 is 0. The normalized spacial score (nSPS) is 17.7. The van der Waals surface area contributed by atoms with Crippen molar-refractivity contribution in [2.75, 3.05) is 5.73 Å². The molecule has 0 aliphatic heterocycles. The number of pyridine rings is 1. The smallest absolute Gasteiger partial charge is 0.0840 e. The first-order valence-electron chi connectivity index (χ1n) is 8.79. The Morgan fingerprint density at radius 1 is 1.00 bits per heavy atom. The average molecular weight is 333 g/mol. The van der Waals surface area contributed by atoms with Gasteiger partial charge in [0.25, 0.3) is 0 Å². The molecular weight excluding hydrogens is 308 g/mol. The molecule has 2 N–H and O–H groups in total. The summed E-state index contributed by atoms with van der Waals surface area (Å²) in [6.07, 6.45) is 3.36. The van der Waals surface area contributed by atoms with E-state index in [9.17, 15) is 0 Å². The molecule has 1 heterocycles. The van der Waals surface area contributed by atoms with Crippen LogP contribution in [0.4, 0.5) is 5.69 Å². The molecule has 1 atom stereocenters. The summed E-state index contributed by atoms with van der Waals surface area (Å²) in [6, 6.07) is 19.3. The van der Waals surface area contributed by atoms with Crippen LogP contribution in [0.25, 0.3) is 10.9 Å². The molecule has 1 unspecified atom stereocenters. The molecule has 1 aliphatic rings. The molecule has 2 nitrogen and oxygen atoms in total. The van der Waals surface area contributed by atoms with Crippen molar-refractivity contribution in [1.82, 2.24) is 4.98 Å². The number of aromatic nitrogens is 1. The molecule has 0 bridgehead atoms. The van der Waals surface area contributed by atoms with E-state index in [2.05, 4.69) is 55.6 Å². The Morgan fingerprint density at radius 2 is 1.71 bits per heavy atom. The number of para-hydroxylation sites is 1. The van der Waals surface area contributed by atoms with Gasteiger partial charge in [-0.2, -0.15) is 0 Å². The molecule has 0 fully saturated rings. The zero-order chi connectivity index (χ0) is 16.7. The molecule has 24 heavy (non-hydrogen) atoms. The zero-order valence-electron chi connectivity index (χ0n) is 14.4. The molecular formula is C21H24N2Si. The van der Waals surface area contributed by atoms with Gasteiger partial charge in [0.05, 0.1) is 13.6 Å². The van der Waals surface area contributed by atoms with Gasteiger partial charge in [-0.25, -0.2) is 0 Å². The third-order valence-electron chi connectivity index (χ3n) is 5.84. The first kappa shape index (κ1) is 15.4. The molecule has 3 heteroatoms. The first-order chi connectivity index (χ1) is 11.6. The number of hydrogen-bond acceptors (Lipinski definition) is 2. The largest absolute Gasteiger partial charge is 0.398 e. The maximum Gasteiger partial charge on any atom is 0.0840 e. The van der Waals surface area contributed by atoms with Crippen molar-refractivity contribution in [2.24, 2.45) is 0 Å². The van der Waals surface area contributed by atoms with E-state index < -0.39 is 8.07 Å². The highest BCUT2D eigenvalue weighted by Crippen LogP contribution is 2.39. The molecule has 122 valence electrons. The van der Waals surface area contributed by atoms with Gasteiger partial charge >= 0.3 is 0 Å². The van der Waals surface area contributed by atoms with Gasteiger partial charge in [-0.1, -0.05) is 66.8 Å². The fourth-order valence-corrected chi connectivity index (χ4v) is 7.24. The van der Waals surface area contributed by atoms with Crippen LogP contribution in [0.15, 0.2) is 54.6 Å². The highest BCUT2D eigenvalue weighted by Gasteiger charge is 2.36. The molecule has 2 aromatic carbocycles. The topological polar surface area (TPSA) is 38.9 Å². The minimum atomic E-state index is -1.51. The molecule has 0 spiro atoms. The lowest BCUT2D eigenvalue weighted by Crippen LogP contribution is -2.47. The number of nitrogens with two attached hydrogens (primary N) is 1. The predicted octanol–water partition coefficient (Wildman–Crippen LogP) is 4.29. The van der Waals surface area contributed by atoms with E-state index in [0.717, 1.165) is 35.0 Å². The van der Waals surface area contributed by atoms with E-state index in [4.69, 9.17) is 10.7 Å². The van der Waals surface area contributed by atoms with Crippen molar-refractivity contribution < 1.29 is 0 Å². The lowest BCUT2D eigenvalue weighted by molar-refractivity contribution is 0.653. The van der Waals surface area contributed by atoms with Crippen LogP contribution in [-0.4, -0.2) is 13.1 Å². The van der Waals surface area contributed by atoms with Crippen molar-refractivity contribution in [3.8, 4) is 0 Å². The van der Waals surface area contributed by atoms with E-state index in [1.807, 2.05) is 12.1 Å². The van der Waals surface area contributed by atoms with Gasteiger partial charge in [0.1, 0.15) is 0 Å². The van der Waals surface area contributed by atoms with E-state index in [0.29, 0.717) is 0 Å². The number of benzene rings is 2. The third kappa shape index (κ3) is 2.44. The van der Waals surface area contributed by atoms with Crippen LogP contribution in [0.2, 0.25) is 18.6 Å². The number of rotatable bonds is 2. The Kier molecular flexibility index (Phi) is 3.69. The van der Waals surface area contributed by atoms with Crippen molar-refractivity contribution in [3.05, 3.63) is 65.9 Å². The van der Waals surface area contributed by atoms with Gasteiger partial charge in [0, 0.05) is 16.8 Å². The molecule has 3 aromatic rings. The quantitative estimate of drug-likeness (QED) is 0.711. The third-order valence-corrected chi connectivity index (χ3v) is 10.2. The van der Waals surface area contributed by atoms with Gasteiger partial charge in [-0.05, 0) is 36.4 Å². The highest BCUT2D eigenvalue weighted by molar-refractivity contribution is 6.91. The highest BCUT2D eigenvalue weighted by atomic mass is 28.3. The number of fused-ring (bicyclic) bond motifs is 2. The summed E-state index contributed by atoms with van der Waals surface area (Å²) < 4.78 is 0. The minimum Gasteiger partial charge on any atom is -0.398 e. The van der Waals surface area contributed by atoms with E-state index in [1.54, 1.807) is 5.19 Å². The maximum absolute atomic E-state index is 6.48. The summed E-state index contributed by atoms with van der Waals surface area (Å²) in [5, 5.41) is 2.65. The summed E-state index contributed by atoms with van der Waals surface area (Å²) in [5.74, 6) is 0. The van der Waals surface area contributed by atoms with Gasteiger partial charge in [-0.15, -0.1) is 0 Å². The fraction of sp³-hybridized carbons (Fsp3) is 0.286. The second-order valence-electron chi connectivity index (χ2n) is 7.50. The van der Waals surface area contributed by atoms with E-state index >= 15 is 0 Å². The Balaban J connectivity index is 1.74. The van der Waals surface area contributed by atoms with Crippen LogP contribution < -0.4 is 10.9 Å². The zero-order valence-corrected chi connectivity index (χ0v) is 15.4. The number of hydrogen-bond donors (Lipinski definition) is 1. The second kappa shape index (κ2) is 5.74. The SMILES string of the molecule is C[Si](C)(c1ccccc1)C1CCc2c(nc3ccccc3c2N)C1. The van der Waals surface area contributed by atoms with Gasteiger partial charge in [0.2, 0.25) is 0 Å². The Bertz CT molecular complexity index is 887. The van der Waals surface area contributed by atoms with Crippen LogP contribution in [0, 0.1) is 0 Å². The van der Waals surface area contributed by atoms with Crippen LogP contribution >= 0.6 is 0 Å². The van der Waals surface area contributed by atoms with Gasteiger partial charge in [-0.3, -0.25) is 4.98 Å². The van der Waals surface area contributed by atoms with Crippen molar-refractivity contribution in [1.29, 1.82) is 0 Å². The lowest BCUT2D eigenvalue weighted by Gasteiger charge is -2.36. The molecule has 0 saturated heterocycles. The Morgan fingerprint density at radius 3 is 2.50 bits per heavy atom. The van der Waals surface area contributed by atoms with E-state index in [1.165, 1.54) is 17.7 Å². The van der Waals surface area contributed by atoms with Crippen molar-refractivity contribution in [3.63, 3.8) is 0 Å². The van der Waals surface area contributed by atoms with Crippen LogP contribution in [0.5, 0.6) is 0 Å². The summed E-state index contributed by atoms with van der Waals surface area (Å²) in [5.41, 5.74) is 11.7. The number of nitrogens with zero attached hydrogens (tertiary/aromatic N) is 1. The lowest BCUT2D eigenvalue weighted by atomic mass is 9.92. The molecule has 1 aliphatic carbocycles. The summed E-state index contributed by atoms with van der Waals surface area (Å²) in [7, 11) is -1.51. The Labute approximate surface area is 144 Å². The predicted molar refractivity (Wildman–Crippen MR) is 105 cm³/mol. The molecule has 0 amide bonds. The van der Waals surface area contributed by atoms with Crippen LogP contribution in [0.1, 0.15) is 17.7 Å².